The largest absolute Gasteiger partial charge is 0.350 e. The van der Waals surface area contributed by atoms with Gasteiger partial charge in [-0.05, 0) is 58.7 Å². The Morgan fingerprint density at radius 1 is 0.632 bits per heavy atom. The lowest BCUT2D eigenvalue weighted by atomic mass is 10.0. The Labute approximate surface area is 238 Å². The van der Waals surface area contributed by atoms with Crippen LogP contribution in [0, 0.1) is 0 Å². The lowest BCUT2D eigenvalue weighted by Gasteiger charge is -2.32. The monoisotopic (exact) mass is 564 g/mol. The van der Waals surface area contributed by atoms with Gasteiger partial charge in [0, 0.05) is 34.6 Å². The first-order valence-corrected chi connectivity index (χ1v) is 13.4. The minimum absolute atomic E-state index is 0.139. The third-order valence-electron chi connectivity index (χ3n) is 6.19. The second-order valence-corrected chi connectivity index (χ2v) is 10.3. The van der Waals surface area contributed by atoms with Gasteiger partial charge < -0.3 is 10.2 Å². The third kappa shape index (κ3) is 8.09. The zero-order valence-corrected chi connectivity index (χ0v) is 22.9. The Kier molecular flexibility index (Phi) is 9.83. The number of hydrogen-bond donors (Lipinski definition) is 1. The number of nitrogens with one attached hydrogen (secondary N) is 1. The summed E-state index contributed by atoms with van der Waals surface area (Å²) >= 11 is 18.1. The quantitative estimate of drug-likeness (QED) is 0.222. The van der Waals surface area contributed by atoms with Crippen LogP contribution in [0.2, 0.25) is 15.1 Å². The molecule has 0 heterocycles. The molecular formula is C31H27Cl3N2O2. The molecule has 2 amide bonds. The van der Waals surface area contributed by atoms with Crippen LogP contribution in [-0.2, 0) is 35.5 Å². The van der Waals surface area contributed by atoms with Crippen molar-refractivity contribution < 1.29 is 9.59 Å². The van der Waals surface area contributed by atoms with Crippen molar-refractivity contribution in [3.8, 4) is 0 Å². The zero-order chi connectivity index (χ0) is 26.9. The summed E-state index contributed by atoms with van der Waals surface area (Å²) in [5.74, 6) is -0.396. The standard InChI is InChI=1S/C31H27Cl3N2O2/c32-26-12-6-23(7-13-26)19-30(37)36(21-25-10-16-28(34)17-11-25)29(18-22-4-2-1-3-5-22)31(38)35-20-24-8-14-27(33)15-9-24/h1-17,29H,18-21H2,(H,35,38)/t29-/m0/s1. The number of carbonyl (C=O) groups is 2. The normalized spacial score (nSPS) is 11.6. The highest BCUT2D eigenvalue weighted by molar-refractivity contribution is 6.31. The molecule has 0 saturated heterocycles. The first-order valence-electron chi connectivity index (χ1n) is 12.2. The smallest absolute Gasteiger partial charge is 0.243 e. The average molecular weight is 566 g/mol. The fourth-order valence-electron chi connectivity index (χ4n) is 4.13. The van der Waals surface area contributed by atoms with E-state index in [-0.39, 0.29) is 24.8 Å². The van der Waals surface area contributed by atoms with Crippen molar-refractivity contribution in [3.63, 3.8) is 0 Å². The molecular weight excluding hydrogens is 539 g/mol. The van der Waals surface area contributed by atoms with Gasteiger partial charge in [-0.25, -0.2) is 0 Å². The molecule has 194 valence electrons. The summed E-state index contributed by atoms with van der Waals surface area (Å²) in [6, 6.07) is 30.8. The predicted molar refractivity (Wildman–Crippen MR) is 154 cm³/mol. The summed E-state index contributed by atoms with van der Waals surface area (Å²) in [7, 11) is 0. The fraction of sp³-hybridized carbons (Fsp3) is 0.161. The van der Waals surface area contributed by atoms with Gasteiger partial charge >= 0.3 is 0 Å². The second kappa shape index (κ2) is 13.5. The van der Waals surface area contributed by atoms with Crippen molar-refractivity contribution in [1.29, 1.82) is 0 Å². The van der Waals surface area contributed by atoms with Crippen LogP contribution in [0.15, 0.2) is 103 Å². The summed E-state index contributed by atoms with van der Waals surface area (Å²) in [5, 5.41) is 4.86. The van der Waals surface area contributed by atoms with Gasteiger partial charge in [-0.2, -0.15) is 0 Å². The summed E-state index contributed by atoms with van der Waals surface area (Å²) in [6.45, 7) is 0.580. The van der Waals surface area contributed by atoms with Crippen molar-refractivity contribution >= 4 is 46.6 Å². The van der Waals surface area contributed by atoms with E-state index in [1.807, 2.05) is 66.7 Å². The number of hydrogen-bond acceptors (Lipinski definition) is 2. The molecule has 4 rings (SSSR count). The number of rotatable bonds is 10. The van der Waals surface area contributed by atoms with E-state index in [4.69, 9.17) is 34.8 Å². The predicted octanol–water partition coefficient (Wildman–Crippen LogP) is 7.15. The van der Waals surface area contributed by atoms with Crippen molar-refractivity contribution in [2.75, 3.05) is 0 Å². The molecule has 7 heteroatoms. The topological polar surface area (TPSA) is 49.4 Å². The van der Waals surface area contributed by atoms with E-state index < -0.39 is 6.04 Å². The molecule has 4 aromatic carbocycles. The van der Waals surface area contributed by atoms with Gasteiger partial charge in [-0.1, -0.05) is 102 Å². The molecule has 1 N–H and O–H groups in total. The first kappa shape index (κ1) is 27.7. The molecule has 0 aliphatic heterocycles. The Morgan fingerprint density at radius 3 is 1.68 bits per heavy atom. The fourth-order valence-corrected chi connectivity index (χ4v) is 4.51. The van der Waals surface area contributed by atoms with Crippen molar-refractivity contribution in [2.24, 2.45) is 0 Å². The van der Waals surface area contributed by atoms with Crippen LogP contribution in [0.25, 0.3) is 0 Å². The van der Waals surface area contributed by atoms with Gasteiger partial charge in [0.05, 0.1) is 6.42 Å². The van der Waals surface area contributed by atoms with Crippen molar-refractivity contribution in [1.82, 2.24) is 10.2 Å². The second-order valence-electron chi connectivity index (χ2n) is 9.00. The van der Waals surface area contributed by atoms with Crippen LogP contribution in [0.4, 0.5) is 0 Å². The lowest BCUT2D eigenvalue weighted by molar-refractivity contribution is -0.140. The van der Waals surface area contributed by atoms with E-state index in [9.17, 15) is 9.59 Å². The molecule has 0 aromatic heterocycles. The third-order valence-corrected chi connectivity index (χ3v) is 6.94. The molecule has 0 bridgehead atoms. The highest BCUT2D eigenvalue weighted by atomic mass is 35.5. The number of carbonyl (C=O) groups excluding carboxylic acids is 2. The molecule has 0 fully saturated rings. The van der Waals surface area contributed by atoms with Crippen LogP contribution < -0.4 is 5.32 Å². The van der Waals surface area contributed by atoms with Crippen molar-refractivity contribution in [3.05, 3.63) is 140 Å². The minimum Gasteiger partial charge on any atom is -0.350 e. The first-order chi connectivity index (χ1) is 18.4. The van der Waals surface area contributed by atoms with Crippen LogP contribution in [0.3, 0.4) is 0 Å². The maximum Gasteiger partial charge on any atom is 0.243 e. The summed E-state index contributed by atoms with van der Waals surface area (Å²) in [6.07, 6.45) is 0.508. The Hall–Kier alpha value is -3.31. The SMILES string of the molecule is O=C(NCc1ccc(Cl)cc1)[C@H](Cc1ccccc1)N(Cc1ccc(Cl)cc1)C(=O)Cc1ccc(Cl)cc1. The van der Waals surface area contributed by atoms with Gasteiger partial charge in [0.2, 0.25) is 11.8 Å². The summed E-state index contributed by atoms with van der Waals surface area (Å²) in [4.78, 5) is 29.1. The Morgan fingerprint density at radius 2 is 1.13 bits per heavy atom. The molecule has 38 heavy (non-hydrogen) atoms. The molecule has 0 saturated carbocycles. The van der Waals surface area contributed by atoms with Crippen LogP contribution in [-0.4, -0.2) is 22.8 Å². The molecule has 0 radical (unpaired) electrons. The van der Waals surface area contributed by atoms with Crippen molar-refractivity contribution in [2.45, 2.75) is 32.0 Å². The highest BCUT2D eigenvalue weighted by Gasteiger charge is 2.30. The van der Waals surface area contributed by atoms with Crippen LogP contribution in [0.5, 0.6) is 0 Å². The summed E-state index contributed by atoms with van der Waals surface area (Å²) < 4.78 is 0. The van der Waals surface area contributed by atoms with Gasteiger partial charge in [0.15, 0.2) is 0 Å². The minimum atomic E-state index is -0.736. The number of amides is 2. The number of halogens is 3. The zero-order valence-electron chi connectivity index (χ0n) is 20.6. The van der Waals surface area contributed by atoms with E-state index in [1.54, 1.807) is 41.3 Å². The van der Waals surface area contributed by atoms with Gasteiger partial charge in [-0.3, -0.25) is 9.59 Å². The van der Waals surface area contributed by atoms with Crippen LogP contribution in [0.1, 0.15) is 22.3 Å². The molecule has 4 nitrogen and oxygen atoms in total. The van der Waals surface area contributed by atoms with E-state index >= 15 is 0 Å². The molecule has 0 unspecified atom stereocenters. The molecule has 0 aliphatic rings. The molecule has 0 aliphatic carbocycles. The van der Waals surface area contributed by atoms with Crippen LogP contribution >= 0.6 is 34.8 Å². The van der Waals surface area contributed by atoms with Gasteiger partial charge in [0.1, 0.15) is 6.04 Å². The molecule has 4 aromatic rings. The maximum atomic E-state index is 13.8. The Balaban J connectivity index is 1.63. The van der Waals surface area contributed by atoms with Gasteiger partial charge in [0.25, 0.3) is 0 Å². The number of nitrogens with zero attached hydrogens (tertiary/aromatic N) is 1. The van der Waals surface area contributed by atoms with E-state index in [0.717, 1.165) is 22.3 Å². The molecule has 1 atom stereocenters. The lowest BCUT2D eigenvalue weighted by Crippen LogP contribution is -2.50. The molecule has 0 spiro atoms. The number of benzene rings is 4. The van der Waals surface area contributed by atoms with E-state index in [0.29, 0.717) is 28.0 Å². The summed E-state index contributed by atoms with van der Waals surface area (Å²) in [5.41, 5.74) is 3.57. The van der Waals surface area contributed by atoms with Gasteiger partial charge in [-0.15, -0.1) is 0 Å². The van der Waals surface area contributed by atoms with E-state index in [1.165, 1.54) is 0 Å². The Bertz CT molecular complexity index is 1340. The van der Waals surface area contributed by atoms with E-state index in [2.05, 4.69) is 5.32 Å². The highest BCUT2D eigenvalue weighted by Crippen LogP contribution is 2.19. The maximum absolute atomic E-state index is 13.8. The average Bonchev–Trinajstić information content (AvgIpc) is 2.93.